The number of aryl methyl sites for hydroxylation is 1. The lowest BCUT2D eigenvalue weighted by atomic mass is 10.1. The summed E-state index contributed by atoms with van der Waals surface area (Å²) in [7, 11) is 0. The van der Waals surface area contributed by atoms with Crippen LogP contribution in [0, 0.1) is 6.92 Å². The minimum atomic E-state index is 0.0929. The van der Waals surface area contributed by atoms with Gasteiger partial charge in [-0.3, -0.25) is 4.79 Å². The van der Waals surface area contributed by atoms with Gasteiger partial charge in [-0.1, -0.05) is 48.0 Å². The van der Waals surface area contributed by atoms with Gasteiger partial charge in [-0.25, -0.2) is 9.97 Å². The van der Waals surface area contributed by atoms with Gasteiger partial charge in [-0.05, 0) is 30.6 Å². The SMILES string of the molecule is Cc1cccc(C(=O)N2CCN(c3ncnc4c(-c5ccccc5)nsc34)CC2)c1. The first-order valence-corrected chi connectivity index (χ1v) is 10.7. The molecule has 2 aromatic carbocycles. The number of benzene rings is 2. The molecule has 1 fully saturated rings. The zero-order valence-corrected chi connectivity index (χ0v) is 17.5. The van der Waals surface area contributed by atoms with Gasteiger partial charge in [-0.15, -0.1) is 0 Å². The van der Waals surface area contributed by atoms with Crippen LogP contribution >= 0.6 is 11.5 Å². The standard InChI is InChI=1S/C23H21N5OS/c1-16-6-5-9-18(14-16)23(29)28-12-10-27(11-13-28)22-21-20(24-15-25-22)19(26-30-21)17-7-3-2-4-8-17/h2-9,14-15H,10-13H2,1H3. The number of anilines is 1. The minimum Gasteiger partial charge on any atom is -0.352 e. The van der Waals surface area contributed by atoms with Crippen molar-refractivity contribution in [2.24, 2.45) is 0 Å². The van der Waals surface area contributed by atoms with Gasteiger partial charge in [0.2, 0.25) is 0 Å². The summed E-state index contributed by atoms with van der Waals surface area (Å²) in [5.74, 6) is 0.998. The maximum Gasteiger partial charge on any atom is 0.253 e. The molecular weight excluding hydrogens is 394 g/mol. The number of hydrogen-bond acceptors (Lipinski definition) is 6. The zero-order chi connectivity index (χ0) is 20.5. The first kappa shape index (κ1) is 18.7. The molecule has 0 spiro atoms. The summed E-state index contributed by atoms with van der Waals surface area (Å²) in [6, 6.07) is 17.9. The molecule has 7 heteroatoms. The Kier molecular flexibility index (Phi) is 4.88. The number of rotatable bonds is 3. The van der Waals surface area contributed by atoms with Crippen LogP contribution in [0.5, 0.6) is 0 Å². The first-order valence-electron chi connectivity index (χ1n) is 9.97. The minimum absolute atomic E-state index is 0.0929. The average molecular weight is 416 g/mol. The van der Waals surface area contributed by atoms with Gasteiger partial charge in [0, 0.05) is 37.3 Å². The van der Waals surface area contributed by atoms with Crippen LogP contribution in [0.4, 0.5) is 5.82 Å². The fourth-order valence-electron chi connectivity index (χ4n) is 3.84. The van der Waals surface area contributed by atoms with Gasteiger partial charge in [0.05, 0.1) is 0 Å². The Morgan fingerprint density at radius 1 is 0.967 bits per heavy atom. The number of hydrogen-bond donors (Lipinski definition) is 0. The van der Waals surface area contributed by atoms with Gasteiger partial charge in [0.15, 0.2) is 5.82 Å². The third kappa shape index (κ3) is 3.41. The molecule has 5 rings (SSSR count). The van der Waals surface area contributed by atoms with Crippen molar-refractivity contribution in [3.8, 4) is 11.3 Å². The van der Waals surface area contributed by atoms with Crippen molar-refractivity contribution in [2.75, 3.05) is 31.1 Å². The first-order chi connectivity index (χ1) is 14.7. The Balaban J connectivity index is 1.36. The number of fused-ring (bicyclic) bond motifs is 1. The Morgan fingerprint density at radius 2 is 1.77 bits per heavy atom. The van der Waals surface area contributed by atoms with Crippen LogP contribution in [0.25, 0.3) is 21.5 Å². The summed E-state index contributed by atoms with van der Waals surface area (Å²) < 4.78 is 5.66. The van der Waals surface area contributed by atoms with E-state index in [9.17, 15) is 4.79 Å². The summed E-state index contributed by atoms with van der Waals surface area (Å²) in [4.78, 5) is 26.1. The highest BCUT2D eigenvalue weighted by molar-refractivity contribution is 7.14. The fraction of sp³-hybridized carbons (Fsp3) is 0.217. The number of carbonyl (C=O) groups excluding carboxylic acids is 1. The molecule has 2 aromatic heterocycles. The van der Waals surface area contributed by atoms with Crippen molar-refractivity contribution >= 4 is 33.5 Å². The molecule has 150 valence electrons. The molecule has 0 bridgehead atoms. The fourth-order valence-corrected chi connectivity index (χ4v) is 4.72. The summed E-state index contributed by atoms with van der Waals surface area (Å²) in [5.41, 5.74) is 4.69. The highest BCUT2D eigenvalue weighted by atomic mass is 32.1. The molecular formula is C23H21N5OS. The molecule has 1 aliphatic rings. The third-order valence-corrected chi connectivity index (χ3v) is 6.25. The van der Waals surface area contributed by atoms with Crippen LogP contribution < -0.4 is 4.90 Å². The monoisotopic (exact) mass is 415 g/mol. The van der Waals surface area contributed by atoms with E-state index >= 15 is 0 Å². The lowest BCUT2D eigenvalue weighted by Crippen LogP contribution is -2.49. The molecule has 0 aliphatic carbocycles. The van der Waals surface area contributed by atoms with Crippen molar-refractivity contribution in [3.63, 3.8) is 0 Å². The van der Waals surface area contributed by atoms with E-state index in [0.717, 1.165) is 51.5 Å². The molecule has 0 atom stereocenters. The number of amides is 1. The summed E-state index contributed by atoms with van der Waals surface area (Å²) in [6.07, 6.45) is 1.61. The Bertz CT molecular complexity index is 1200. The second-order valence-corrected chi connectivity index (χ2v) is 8.19. The zero-order valence-electron chi connectivity index (χ0n) is 16.7. The number of piperazine rings is 1. The van der Waals surface area contributed by atoms with Crippen molar-refractivity contribution in [1.29, 1.82) is 0 Å². The highest BCUT2D eigenvalue weighted by Gasteiger charge is 2.25. The van der Waals surface area contributed by atoms with Gasteiger partial charge < -0.3 is 9.80 Å². The Hall–Kier alpha value is -3.32. The van der Waals surface area contributed by atoms with Gasteiger partial charge in [0.1, 0.15) is 22.2 Å². The number of nitrogens with zero attached hydrogens (tertiary/aromatic N) is 5. The highest BCUT2D eigenvalue weighted by Crippen LogP contribution is 2.34. The van der Waals surface area contributed by atoms with E-state index < -0.39 is 0 Å². The molecule has 0 unspecified atom stereocenters. The van der Waals surface area contributed by atoms with Gasteiger partial charge in [0.25, 0.3) is 5.91 Å². The van der Waals surface area contributed by atoms with E-state index in [0.29, 0.717) is 13.1 Å². The molecule has 30 heavy (non-hydrogen) atoms. The quantitative estimate of drug-likeness (QED) is 0.506. The van der Waals surface area contributed by atoms with Crippen molar-refractivity contribution in [1.82, 2.24) is 19.2 Å². The van der Waals surface area contributed by atoms with Gasteiger partial charge in [-0.2, -0.15) is 4.37 Å². The second kappa shape index (κ2) is 7.84. The van der Waals surface area contributed by atoms with Crippen LogP contribution in [0.3, 0.4) is 0 Å². The van der Waals surface area contributed by atoms with Crippen LogP contribution in [0.15, 0.2) is 60.9 Å². The maximum atomic E-state index is 12.8. The van der Waals surface area contributed by atoms with Crippen LogP contribution in [-0.4, -0.2) is 51.3 Å². The van der Waals surface area contributed by atoms with E-state index in [1.54, 1.807) is 6.33 Å². The molecule has 6 nitrogen and oxygen atoms in total. The van der Waals surface area contributed by atoms with E-state index in [2.05, 4.69) is 19.2 Å². The van der Waals surface area contributed by atoms with Crippen molar-refractivity contribution in [2.45, 2.75) is 6.92 Å². The topological polar surface area (TPSA) is 62.2 Å². The van der Waals surface area contributed by atoms with Crippen molar-refractivity contribution in [3.05, 3.63) is 72.1 Å². The lowest BCUT2D eigenvalue weighted by Gasteiger charge is -2.35. The van der Waals surface area contributed by atoms with Gasteiger partial charge >= 0.3 is 0 Å². The van der Waals surface area contributed by atoms with Crippen LogP contribution in [-0.2, 0) is 0 Å². The van der Waals surface area contributed by atoms with E-state index in [1.165, 1.54) is 11.5 Å². The Morgan fingerprint density at radius 3 is 2.53 bits per heavy atom. The molecule has 0 N–H and O–H groups in total. The molecule has 1 aliphatic heterocycles. The van der Waals surface area contributed by atoms with Crippen molar-refractivity contribution < 1.29 is 4.79 Å². The molecule has 4 aromatic rings. The second-order valence-electron chi connectivity index (χ2n) is 7.42. The molecule has 0 radical (unpaired) electrons. The molecule has 3 heterocycles. The number of carbonyl (C=O) groups is 1. The lowest BCUT2D eigenvalue weighted by molar-refractivity contribution is 0.0746. The van der Waals surface area contributed by atoms with Crippen LogP contribution in [0.1, 0.15) is 15.9 Å². The van der Waals surface area contributed by atoms with E-state index in [1.807, 2.05) is 66.4 Å². The smallest absolute Gasteiger partial charge is 0.253 e. The molecule has 1 saturated heterocycles. The Labute approximate surface area is 179 Å². The molecule has 1 amide bonds. The predicted octanol–water partition coefficient (Wildman–Crippen LogP) is 4.02. The van der Waals surface area contributed by atoms with E-state index in [-0.39, 0.29) is 5.91 Å². The maximum absolute atomic E-state index is 12.8. The largest absolute Gasteiger partial charge is 0.352 e. The summed E-state index contributed by atoms with van der Waals surface area (Å²) in [6.45, 7) is 4.82. The summed E-state index contributed by atoms with van der Waals surface area (Å²) >= 11 is 1.44. The molecule has 0 saturated carbocycles. The summed E-state index contributed by atoms with van der Waals surface area (Å²) in [5, 5.41) is 0. The average Bonchev–Trinajstić information content (AvgIpc) is 3.24. The van der Waals surface area contributed by atoms with Crippen LogP contribution in [0.2, 0.25) is 0 Å². The third-order valence-electron chi connectivity index (χ3n) is 5.42. The number of aromatic nitrogens is 3. The normalized spacial score (nSPS) is 14.3. The van der Waals surface area contributed by atoms with E-state index in [4.69, 9.17) is 0 Å². The predicted molar refractivity (Wildman–Crippen MR) is 120 cm³/mol.